The molecule has 0 unspecified atom stereocenters. The minimum absolute atomic E-state index is 0.0572. The van der Waals surface area contributed by atoms with Crippen LogP contribution in [0, 0.1) is 17.0 Å². The summed E-state index contributed by atoms with van der Waals surface area (Å²) in [6.07, 6.45) is 0.291. The van der Waals surface area contributed by atoms with Crippen molar-refractivity contribution in [2.75, 3.05) is 6.61 Å². The Morgan fingerprint density at radius 2 is 1.88 bits per heavy atom. The van der Waals surface area contributed by atoms with Crippen molar-refractivity contribution in [3.63, 3.8) is 0 Å². The first-order chi connectivity index (χ1) is 15.7. The largest absolute Gasteiger partial charge is 0.466 e. The van der Waals surface area contributed by atoms with Crippen LogP contribution in [0.15, 0.2) is 40.9 Å². The predicted molar refractivity (Wildman–Crippen MR) is 120 cm³/mol. The molecule has 1 heterocycles. The van der Waals surface area contributed by atoms with Crippen LogP contribution in [0.1, 0.15) is 35.0 Å². The molecule has 0 saturated heterocycles. The van der Waals surface area contributed by atoms with Gasteiger partial charge in [0.25, 0.3) is 0 Å². The Morgan fingerprint density at radius 3 is 2.52 bits per heavy atom. The first-order valence-corrected chi connectivity index (χ1v) is 10.5. The van der Waals surface area contributed by atoms with Crippen LogP contribution in [0.3, 0.4) is 0 Å². The molecule has 9 nitrogen and oxygen atoms in total. The van der Waals surface area contributed by atoms with Gasteiger partial charge in [-0.2, -0.15) is 0 Å². The number of esters is 2. The zero-order chi connectivity index (χ0) is 24.1. The molecular formula is C22H18Cl2N2O7. The lowest BCUT2D eigenvalue weighted by atomic mass is 10.1. The number of nitro benzene ring substituents is 1. The second-order valence-corrected chi connectivity index (χ2v) is 7.63. The van der Waals surface area contributed by atoms with Crippen LogP contribution in [0.25, 0.3) is 11.3 Å². The Kier molecular flexibility index (Phi) is 7.67. The van der Waals surface area contributed by atoms with Crippen molar-refractivity contribution >= 4 is 40.8 Å². The van der Waals surface area contributed by atoms with E-state index in [9.17, 15) is 19.7 Å². The molecule has 0 amide bonds. The summed E-state index contributed by atoms with van der Waals surface area (Å²) in [5.74, 6) is -1.49. The van der Waals surface area contributed by atoms with Crippen molar-refractivity contribution in [2.45, 2.75) is 26.7 Å². The average Bonchev–Trinajstić information content (AvgIpc) is 3.14. The molecule has 3 aromatic rings. The molecule has 3 rings (SSSR count). The van der Waals surface area contributed by atoms with Crippen LogP contribution in [0.5, 0.6) is 5.75 Å². The fourth-order valence-electron chi connectivity index (χ4n) is 3.09. The highest BCUT2D eigenvalue weighted by atomic mass is 35.5. The van der Waals surface area contributed by atoms with Crippen molar-refractivity contribution < 1.29 is 28.5 Å². The number of hydrogen-bond acceptors (Lipinski definition) is 8. The van der Waals surface area contributed by atoms with Crippen molar-refractivity contribution in [1.29, 1.82) is 0 Å². The molecule has 0 aliphatic rings. The molecule has 0 spiro atoms. The van der Waals surface area contributed by atoms with E-state index >= 15 is 0 Å². The lowest BCUT2D eigenvalue weighted by molar-refractivity contribution is -0.385. The number of halogens is 2. The van der Waals surface area contributed by atoms with Gasteiger partial charge in [0.2, 0.25) is 5.75 Å². The predicted octanol–water partition coefficient (Wildman–Crippen LogP) is 5.58. The summed E-state index contributed by atoms with van der Waals surface area (Å²) < 4.78 is 15.3. The number of nitro groups is 1. The molecule has 0 bridgehead atoms. The molecule has 172 valence electrons. The molecule has 11 heteroatoms. The van der Waals surface area contributed by atoms with E-state index in [1.165, 1.54) is 25.1 Å². The van der Waals surface area contributed by atoms with Crippen LogP contribution in [-0.2, 0) is 16.0 Å². The van der Waals surface area contributed by atoms with Crippen molar-refractivity contribution in [3.05, 3.63) is 73.4 Å². The molecule has 0 N–H and O–H groups in total. The summed E-state index contributed by atoms with van der Waals surface area (Å²) in [5, 5.41) is 15.9. The number of carbonyl (C=O) groups is 2. The maximum absolute atomic E-state index is 13.0. The SMILES string of the molecule is CCOC(=O)CCc1ccc(OC(=O)c2c(-c3c(Cl)cccc3Cl)noc2C)c([N+](=O)[O-])c1. The van der Waals surface area contributed by atoms with E-state index in [-0.39, 0.29) is 57.8 Å². The summed E-state index contributed by atoms with van der Waals surface area (Å²) >= 11 is 12.5. The van der Waals surface area contributed by atoms with Gasteiger partial charge in [-0.25, -0.2) is 4.79 Å². The van der Waals surface area contributed by atoms with E-state index in [4.69, 9.17) is 37.2 Å². The third-order valence-corrected chi connectivity index (χ3v) is 5.24. The van der Waals surface area contributed by atoms with Gasteiger partial charge in [0.15, 0.2) is 0 Å². The fraction of sp³-hybridized carbons (Fsp3) is 0.227. The minimum atomic E-state index is -0.929. The molecule has 0 saturated carbocycles. The molecule has 2 aromatic carbocycles. The number of rotatable bonds is 8. The number of ether oxygens (including phenoxy) is 2. The monoisotopic (exact) mass is 492 g/mol. The van der Waals surface area contributed by atoms with Crippen LogP contribution in [-0.4, -0.2) is 28.6 Å². The second kappa shape index (κ2) is 10.5. The number of benzene rings is 2. The Labute approximate surface area is 198 Å². The molecular weight excluding hydrogens is 475 g/mol. The van der Waals surface area contributed by atoms with Gasteiger partial charge in [-0.15, -0.1) is 0 Å². The Balaban J connectivity index is 1.90. The van der Waals surface area contributed by atoms with Gasteiger partial charge < -0.3 is 14.0 Å². The summed E-state index contributed by atoms with van der Waals surface area (Å²) in [7, 11) is 0. The van der Waals surface area contributed by atoms with Crippen molar-refractivity contribution in [1.82, 2.24) is 5.16 Å². The quantitative estimate of drug-likeness (QED) is 0.173. The van der Waals surface area contributed by atoms with Crippen LogP contribution in [0.4, 0.5) is 5.69 Å². The molecule has 33 heavy (non-hydrogen) atoms. The van der Waals surface area contributed by atoms with Crippen molar-refractivity contribution in [3.8, 4) is 17.0 Å². The number of nitrogens with zero attached hydrogens (tertiary/aromatic N) is 2. The Hall–Kier alpha value is -3.43. The zero-order valence-corrected chi connectivity index (χ0v) is 19.1. The zero-order valence-electron chi connectivity index (χ0n) is 17.6. The fourth-order valence-corrected chi connectivity index (χ4v) is 3.66. The van der Waals surface area contributed by atoms with E-state index in [0.29, 0.717) is 5.56 Å². The van der Waals surface area contributed by atoms with Crippen LogP contribution in [0.2, 0.25) is 10.0 Å². The highest BCUT2D eigenvalue weighted by Gasteiger charge is 2.28. The molecule has 0 radical (unpaired) electrons. The van der Waals surface area contributed by atoms with Gasteiger partial charge in [0.1, 0.15) is 17.0 Å². The van der Waals surface area contributed by atoms with Gasteiger partial charge in [-0.1, -0.05) is 40.5 Å². The van der Waals surface area contributed by atoms with Gasteiger partial charge in [0.05, 0.1) is 21.6 Å². The van der Waals surface area contributed by atoms with E-state index in [2.05, 4.69) is 5.16 Å². The first-order valence-electron chi connectivity index (χ1n) is 9.78. The summed E-state index contributed by atoms with van der Waals surface area (Å²) in [4.78, 5) is 35.4. The lowest BCUT2D eigenvalue weighted by Crippen LogP contribution is -2.12. The van der Waals surface area contributed by atoms with E-state index in [0.717, 1.165) is 0 Å². The van der Waals surface area contributed by atoms with E-state index in [1.54, 1.807) is 25.1 Å². The maximum atomic E-state index is 13.0. The third-order valence-electron chi connectivity index (χ3n) is 4.61. The molecule has 1 aromatic heterocycles. The summed E-state index contributed by atoms with van der Waals surface area (Å²) in [5.41, 5.74) is 0.344. The van der Waals surface area contributed by atoms with E-state index in [1.807, 2.05) is 0 Å². The van der Waals surface area contributed by atoms with Gasteiger partial charge in [-0.3, -0.25) is 14.9 Å². The lowest BCUT2D eigenvalue weighted by Gasteiger charge is -2.09. The Bertz CT molecular complexity index is 1200. The van der Waals surface area contributed by atoms with Gasteiger partial charge >= 0.3 is 17.6 Å². The number of aromatic nitrogens is 1. The summed E-state index contributed by atoms with van der Waals surface area (Å²) in [6.45, 7) is 3.43. The minimum Gasteiger partial charge on any atom is -0.466 e. The standard InChI is InChI=1S/C22H18Cl2N2O7/c1-3-31-18(27)10-8-13-7-9-17(16(11-13)26(29)30)32-22(28)19-12(2)33-25-21(19)20-14(23)5-4-6-15(20)24/h4-7,9,11H,3,8,10H2,1-2H3. The molecule has 0 fully saturated rings. The smallest absolute Gasteiger partial charge is 0.349 e. The first kappa shape index (κ1) is 24.2. The molecule has 0 aliphatic carbocycles. The Morgan fingerprint density at radius 1 is 1.18 bits per heavy atom. The van der Waals surface area contributed by atoms with Gasteiger partial charge in [0, 0.05) is 18.1 Å². The topological polar surface area (TPSA) is 122 Å². The number of carbonyl (C=O) groups excluding carboxylic acids is 2. The van der Waals surface area contributed by atoms with Crippen LogP contribution >= 0.6 is 23.2 Å². The summed E-state index contributed by atoms with van der Waals surface area (Å²) in [6, 6.07) is 8.84. The number of aryl methyl sites for hydroxylation is 2. The third kappa shape index (κ3) is 5.50. The molecule has 0 aliphatic heterocycles. The average molecular weight is 493 g/mol. The maximum Gasteiger partial charge on any atom is 0.349 e. The van der Waals surface area contributed by atoms with Crippen molar-refractivity contribution in [2.24, 2.45) is 0 Å². The second-order valence-electron chi connectivity index (χ2n) is 6.81. The highest BCUT2D eigenvalue weighted by Crippen LogP contribution is 2.37. The molecule has 0 atom stereocenters. The highest BCUT2D eigenvalue weighted by molar-refractivity contribution is 6.39. The normalized spacial score (nSPS) is 10.7. The van der Waals surface area contributed by atoms with Gasteiger partial charge in [-0.05, 0) is 44.0 Å². The van der Waals surface area contributed by atoms with Crippen LogP contribution < -0.4 is 4.74 Å². The van der Waals surface area contributed by atoms with E-state index < -0.39 is 22.5 Å². The number of hydrogen-bond donors (Lipinski definition) is 0.